The molecule has 0 spiro atoms. The average Bonchev–Trinajstić information content (AvgIpc) is 2.86. The van der Waals surface area contributed by atoms with E-state index in [1.807, 2.05) is 19.2 Å². The number of sulfone groups is 1. The molecule has 1 aromatic carbocycles. The fraction of sp³-hybridized carbons (Fsp3) is 0.600. The standard InChI is InChI=1S/C15H22ClNO2S/c1-17-15-8-4-6-12(15)9-10-20(18,19)11-13-5-2-3-7-14(13)16/h2-3,5,7,12,15,17H,4,6,8-11H2,1H3. The summed E-state index contributed by atoms with van der Waals surface area (Å²) in [6, 6.07) is 7.64. The zero-order valence-corrected chi connectivity index (χ0v) is 13.4. The molecule has 1 N–H and O–H groups in total. The van der Waals surface area contributed by atoms with Gasteiger partial charge in [0.05, 0.1) is 11.5 Å². The van der Waals surface area contributed by atoms with E-state index in [-0.39, 0.29) is 11.5 Å². The molecule has 1 aliphatic rings. The van der Waals surface area contributed by atoms with E-state index < -0.39 is 9.84 Å². The number of benzene rings is 1. The van der Waals surface area contributed by atoms with Gasteiger partial charge in [0.25, 0.3) is 0 Å². The van der Waals surface area contributed by atoms with Gasteiger partial charge in [0.15, 0.2) is 9.84 Å². The molecule has 1 fully saturated rings. The Hall–Kier alpha value is -0.580. The number of halogens is 1. The van der Waals surface area contributed by atoms with Crippen molar-refractivity contribution in [3.63, 3.8) is 0 Å². The van der Waals surface area contributed by atoms with Gasteiger partial charge >= 0.3 is 0 Å². The molecule has 1 saturated carbocycles. The molecule has 0 aliphatic heterocycles. The van der Waals surface area contributed by atoms with Gasteiger partial charge in [0, 0.05) is 11.1 Å². The molecule has 2 unspecified atom stereocenters. The maximum absolute atomic E-state index is 12.2. The van der Waals surface area contributed by atoms with E-state index in [0.717, 1.165) is 19.3 Å². The third kappa shape index (κ3) is 4.21. The predicted octanol–water partition coefficient (Wildman–Crippen LogP) is 3.03. The van der Waals surface area contributed by atoms with Crippen molar-refractivity contribution in [2.24, 2.45) is 5.92 Å². The Bertz CT molecular complexity index is 545. The fourth-order valence-electron chi connectivity index (χ4n) is 3.02. The van der Waals surface area contributed by atoms with Gasteiger partial charge in [-0.2, -0.15) is 0 Å². The Morgan fingerprint density at radius 3 is 2.75 bits per heavy atom. The van der Waals surface area contributed by atoms with Crippen molar-refractivity contribution in [3.8, 4) is 0 Å². The van der Waals surface area contributed by atoms with Crippen LogP contribution in [0.3, 0.4) is 0 Å². The normalized spacial score (nSPS) is 23.1. The predicted molar refractivity (Wildman–Crippen MR) is 83.7 cm³/mol. The molecular weight excluding hydrogens is 294 g/mol. The molecule has 2 atom stereocenters. The Balaban J connectivity index is 1.93. The van der Waals surface area contributed by atoms with Crippen LogP contribution in [0.2, 0.25) is 5.02 Å². The van der Waals surface area contributed by atoms with Crippen LogP contribution in [0.5, 0.6) is 0 Å². The molecular formula is C15H22ClNO2S. The largest absolute Gasteiger partial charge is 0.317 e. The van der Waals surface area contributed by atoms with Gasteiger partial charge in [-0.1, -0.05) is 36.2 Å². The Morgan fingerprint density at radius 2 is 2.05 bits per heavy atom. The molecule has 5 heteroatoms. The van der Waals surface area contributed by atoms with Crippen LogP contribution < -0.4 is 5.32 Å². The fourth-order valence-corrected chi connectivity index (χ4v) is 4.83. The number of hydrogen-bond acceptors (Lipinski definition) is 3. The highest BCUT2D eigenvalue weighted by Gasteiger charge is 2.27. The molecule has 0 saturated heterocycles. The topological polar surface area (TPSA) is 46.2 Å². The minimum Gasteiger partial charge on any atom is -0.317 e. The lowest BCUT2D eigenvalue weighted by Crippen LogP contribution is -2.30. The maximum Gasteiger partial charge on any atom is 0.154 e. The summed E-state index contributed by atoms with van der Waals surface area (Å²) < 4.78 is 24.4. The van der Waals surface area contributed by atoms with E-state index in [1.165, 1.54) is 6.42 Å². The van der Waals surface area contributed by atoms with Gasteiger partial charge in [-0.25, -0.2) is 8.42 Å². The summed E-state index contributed by atoms with van der Waals surface area (Å²) in [5.74, 6) is 0.783. The number of rotatable bonds is 6. The van der Waals surface area contributed by atoms with Crippen molar-refractivity contribution in [2.75, 3.05) is 12.8 Å². The first-order valence-corrected chi connectivity index (χ1v) is 9.33. The van der Waals surface area contributed by atoms with Crippen molar-refractivity contribution < 1.29 is 8.42 Å². The van der Waals surface area contributed by atoms with Crippen molar-refractivity contribution in [1.82, 2.24) is 5.32 Å². The Labute approximate surface area is 126 Å². The van der Waals surface area contributed by atoms with Crippen molar-refractivity contribution in [3.05, 3.63) is 34.9 Å². The molecule has 0 bridgehead atoms. The van der Waals surface area contributed by atoms with Gasteiger partial charge in [0.1, 0.15) is 0 Å². The zero-order valence-electron chi connectivity index (χ0n) is 11.8. The van der Waals surface area contributed by atoms with Crippen LogP contribution >= 0.6 is 11.6 Å². The highest BCUT2D eigenvalue weighted by Crippen LogP contribution is 2.29. The second-order valence-electron chi connectivity index (χ2n) is 5.56. The first kappa shape index (κ1) is 15.8. The summed E-state index contributed by atoms with van der Waals surface area (Å²) in [4.78, 5) is 0. The molecule has 0 radical (unpaired) electrons. The van der Waals surface area contributed by atoms with Gasteiger partial charge in [-0.15, -0.1) is 0 Å². The van der Waals surface area contributed by atoms with Gasteiger partial charge in [-0.05, 0) is 43.9 Å². The molecule has 0 amide bonds. The molecule has 1 aromatic rings. The number of hydrogen-bond donors (Lipinski definition) is 1. The minimum absolute atomic E-state index is 0.0453. The van der Waals surface area contributed by atoms with Gasteiger partial charge in [-0.3, -0.25) is 0 Å². The lowest BCUT2D eigenvalue weighted by molar-refractivity contribution is 0.414. The lowest BCUT2D eigenvalue weighted by Gasteiger charge is -2.18. The van der Waals surface area contributed by atoms with E-state index in [9.17, 15) is 8.42 Å². The maximum atomic E-state index is 12.2. The van der Waals surface area contributed by atoms with E-state index >= 15 is 0 Å². The monoisotopic (exact) mass is 315 g/mol. The number of nitrogens with one attached hydrogen (secondary N) is 1. The van der Waals surface area contributed by atoms with E-state index in [4.69, 9.17) is 11.6 Å². The Kier molecular flexibility index (Phi) is 5.47. The molecule has 1 aliphatic carbocycles. The third-order valence-electron chi connectivity index (χ3n) is 4.16. The molecule has 3 nitrogen and oxygen atoms in total. The minimum atomic E-state index is -3.09. The summed E-state index contributed by atoms with van der Waals surface area (Å²) in [5.41, 5.74) is 0.700. The average molecular weight is 316 g/mol. The summed E-state index contributed by atoms with van der Waals surface area (Å²) in [6.07, 6.45) is 4.23. The SMILES string of the molecule is CNC1CCCC1CCS(=O)(=O)Cc1ccccc1Cl. The van der Waals surface area contributed by atoms with E-state index in [2.05, 4.69) is 5.32 Å². The highest BCUT2D eigenvalue weighted by molar-refractivity contribution is 7.90. The summed E-state index contributed by atoms with van der Waals surface area (Å²) in [5, 5.41) is 3.83. The third-order valence-corrected chi connectivity index (χ3v) is 6.14. The van der Waals surface area contributed by atoms with Crippen LogP contribution in [0.25, 0.3) is 0 Å². The van der Waals surface area contributed by atoms with E-state index in [0.29, 0.717) is 22.5 Å². The van der Waals surface area contributed by atoms with Crippen LogP contribution in [0, 0.1) is 5.92 Å². The quantitative estimate of drug-likeness (QED) is 0.877. The molecule has 0 heterocycles. The van der Waals surface area contributed by atoms with Gasteiger partial charge in [0.2, 0.25) is 0 Å². The molecule has 2 rings (SSSR count). The summed E-state index contributed by atoms with van der Waals surface area (Å²) in [6.45, 7) is 0. The van der Waals surface area contributed by atoms with Crippen LogP contribution in [-0.2, 0) is 15.6 Å². The molecule has 112 valence electrons. The lowest BCUT2D eigenvalue weighted by atomic mass is 10.0. The van der Waals surface area contributed by atoms with Gasteiger partial charge < -0.3 is 5.32 Å². The summed E-state index contributed by atoms with van der Waals surface area (Å²) in [7, 11) is -1.13. The van der Waals surface area contributed by atoms with Crippen LogP contribution in [-0.4, -0.2) is 27.3 Å². The first-order chi connectivity index (χ1) is 9.52. The van der Waals surface area contributed by atoms with Crippen molar-refractivity contribution in [1.29, 1.82) is 0 Å². The van der Waals surface area contributed by atoms with Crippen LogP contribution in [0.15, 0.2) is 24.3 Å². The molecule has 0 aromatic heterocycles. The van der Waals surface area contributed by atoms with E-state index in [1.54, 1.807) is 12.1 Å². The summed E-state index contributed by atoms with van der Waals surface area (Å²) >= 11 is 6.03. The second-order valence-corrected chi connectivity index (χ2v) is 8.15. The first-order valence-electron chi connectivity index (χ1n) is 7.13. The zero-order chi connectivity index (χ0) is 14.6. The highest BCUT2D eigenvalue weighted by atomic mass is 35.5. The molecule has 20 heavy (non-hydrogen) atoms. The van der Waals surface area contributed by atoms with Crippen LogP contribution in [0.4, 0.5) is 0 Å². The van der Waals surface area contributed by atoms with Crippen molar-refractivity contribution >= 4 is 21.4 Å². The second kappa shape index (κ2) is 6.92. The van der Waals surface area contributed by atoms with Crippen molar-refractivity contribution in [2.45, 2.75) is 37.5 Å². The smallest absolute Gasteiger partial charge is 0.154 e. The van der Waals surface area contributed by atoms with Crippen LogP contribution in [0.1, 0.15) is 31.2 Å². The Morgan fingerprint density at radius 1 is 1.30 bits per heavy atom.